The fraction of sp³-hybridized carbons (Fsp3) is 0.450. The summed E-state index contributed by atoms with van der Waals surface area (Å²) in [6, 6.07) is 6.58. The number of hydrogen-bond acceptors (Lipinski definition) is 5. The molecule has 0 saturated carbocycles. The highest BCUT2D eigenvalue weighted by Crippen LogP contribution is 2.22. The third kappa shape index (κ3) is 3.03. The minimum Gasteiger partial charge on any atom is -0.369 e. The monoisotopic (exact) mass is 382 g/mol. The molecular formula is C20H26N6O2. The molecule has 1 fully saturated rings. The minimum absolute atomic E-state index is 0.301. The second-order valence-electron chi connectivity index (χ2n) is 7.63. The first kappa shape index (κ1) is 18.5. The van der Waals surface area contributed by atoms with E-state index in [4.69, 9.17) is 0 Å². The maximum Gasteiger partial charge on any atom is 0.332 e. The van der Waals surface area contributed by atoms with E-state index in [9.17, 15) is 9.59 Å². The van der Waals surface area contributed by atoms with E-state index in [1.54, 1.807) is 13.4 Å². The zero-order valence-electron chi connectivity index (χ0n) is 16.8. The maximum atomic E-state index is 12.6. The maximum absolute atomic E-state index is 12.6. The molecule has 0 radical (unpaired) electrons. The molecule has 0 amide bonds. The molecule has 1 aliphatic rings. The average Bonchev–Trinajstić information content (AvgIpc) is 3.09. The number of benzene rings is 1. The lowest BCUT2D eigenvalue weighted by atomic mass is 10.1. The van der Waals surface area contributed by atoms with Gasteiger partial charge in [0.15, 0.2) is 11.2 Å². The normalized spacial score (nSPS) is 15.5. The second-order valence-corrected chi connectivity index (χ2v) is 7.63. The molecule has 3 heterocycles. The molecule has 0 spiro atoms. The summed E-state index contributed by atoms with van der Waals surface area (Å²) >= 11 is 0. The van der Waals surface area contributed by atoms with Crippen molar-refractivity contribution in [3.63, 3.8) is 0 Å². The molecule has 1 aliphatic heterocycles. The summed E-state index contributed by atoms with van der Waals surface area (Å²) in [5.74, 6) is 0. The molecule has 28 heavy (non-hydrogen) atoms. The van der Waals surface area contributed by atoms with Gasteiger partial charge in [-0.3, -0.25) is 18.8 Å². The van der Waals surface area contributed by atoms with Crippen LogP contribution in [0.5, 0.6) is 0 Å². The lowest BCUT2D eigenvalue weighted by Crippen LogP contribution is -2.47. The van der Waals surface area contributed by atoms with E-state index in [1.807, 2.05) is 4.57 Å². The number of rotatable bonds is 3. The number of anilines is 1. The van der Waals surface area contributed by atoms with Crippen LogP contribution in [-0.4, -0.2) is 49.8 Å². The van der Waals surface area contributed by atoms with Crippen LogP contribution >= 0.6 is 0 Å². The minimum atomic E-state index is -0.357. The Hall–Kier alpha value is -2.87. The number of fused-ring (bicyclic) bond motifs is 1. The lowest BCUT2D eigenvalue weighted by Gasteiger charge is -2.37. The summed E-state index contributed by atoms with van der Waals surface area (Å²) < 4.78 is 4.41. The summed E-state index contributed by atoms with van der Waals surface area (Å²) in [6.45, 7) is 8.54. The van der Waals surface area contributed by atoms with Gasteiger partial charge in [0.1, 0.15) is 0 Å². The topological polar surface area (TPSA) is 68.3 Å². The molecule has 0 aliphatic carbocycles. The van der Waals surface area contributed by atoms with E-state index in [2.05, 4.69) is 46.8 Å². The molecular weight excluding hydrogens is 356 g/mol. The Labute approximate surface area is 163 Å². The summed E-state index contributed by atoms with van der Waals surface area (Å²) in [5, 5.41) is 0. The van der Waals surface area contributed by atoms with Crippen LogP contribution in [0.15, 0.2) is 34.1 Å². The molecule has 3 aromatic rings. The quantitative estimate of drug-likeness (QED) is 0.671. The Kier molecular flexibility index (Phi) is 4.58. The van der Waals surface area contributed by atoms with Crippen LogP contribution in [0, 0.1) is 13.8 Å². The van der Waals surface area contributed by atoms with Crippen molar-refractivity contribution in [2.45, 2.75) is 20.5 Å². The van der Waals surface area contributed by atoms with Crippen molar-refractivity contribution in [1.29, 1.82) is 0 Å². The molecule has 1 aromatic carbocycles. The van der Waals surface area contributed by atoms with Crippen molar-refractivity contribution in [3.05, 3.63) is 56.5 Å². The van der Waals surface area contributed by atoms with Crippen molar-refractivity contribution in [2.24, 2.45) is 14.1 Å². The van der Waals surface area contributed by atoms with Crippen molar-refractivity contribution < 1.29 is 0 Å². The smallest absolute Gasteiger partial charge is 0.332 e. The molecule has 2 aromatic heterocycles. The number of piperazine rings is 1. The summed E-state index contributed by atoms with van der Waals surface area (Å²) in [6.07, 6.45) is 1.65. The molecule has 8 heteroatoms. The third-order valence-corrected chi connectivity index (χ3v) is 5.63. The van der Waals surface area contributed by atoms with Crippen molar-refractivity contribution in [3.8, 4) is 0 Å². The van der Waals surface area contributed by atoms with E-state index in [0.29, 0.717) is 17.8 Å². The number of nitrogens with zero attached hydrogens (tertiary/aromatic N) is 6. The van der Waals surface area contributed by atoms with Crippen molar-refractivity contribution >= 4 is 16.9 Å². The predicted octanol–water partition coefficient (Wildman–Crippen LogP) is 0.830. The first-order valence-electron chi connectivity index (χ1n) is 9.52. The van der Waals surface area contributed by atoms with E-state index in [-0.39, 0.29) is 11.2 Å². The highest BCUT2D eigenvalue weighted by Gasteiger charge is 2.21. The van der Waals surface area contributed by atoms with Crippen LogP contribution in [0.4, 0.5) is 5.69 Å². The fourth-order valence-corrected chi connectivity index (χ4v) is 4.01. The molecule has 0 atom stereocenters. The van der Waals surface area contributed by atoms with Crippen LogP contribution in [0.1, 0.15) is 11.1 Å². The Morgan fingerprint density at radius 2 is 1.71 bits per heavy atom. The van der Waals surface area contributed by atoms with E-state index in [0.717, 1.165) is 30.7 Å². The van der Waals surface area contributed by atoms with Crippen LogP contribution < -0.4 is 16.1 Å². The lowest BCUT2D eigenvalue weighted by molar-refractivity contribution is 0.208. The van der Waals surface area contributed by atoms with Gasteiger partial charge < -0.3 is 9.47 Å². The molecule has 0 N–H and O–H groups in total. The molecule has 148 valence electrons. The standard InChI is InChI=1S/C20H26N6O2/c1-14-5-6-16(15(2)11-14)25-9-7-24(8-10-25)13-26-12-21-18-17(26)19(27)23(4)20(28)22(18)3/h5-6,11-12H,7-10,13H2,1-4H3. The van der Waals surface area contributed by atoms with Crippen LogP contribution in [0.2, 0.25) is 0 Å². The fourth-order valence-electron chi connectivity index (χ4n) is 4.01. The molecule has 8 nitrogen and oxygen atoms in total. The zero-order chi connectivity index (χ0) is 20.0. The average molecular weight is 382 g/mol. The summed E-state index contributed by atoms with van der Waals surface area (Å²) in [7, 11) is 3.15. The van der Waals surface area contributed by atoms with Gasteiger partial charge in [-0.1, -0.05) is 17.7 Å². The van der Waals surface area contributed by atoms with Gasteiger partial charge in [0.2, 0.25) is 0 Å². The number of aromatic nitrogens is 4. The van der Waals surface area contributed by atoms with Gasteiger partial charge in [-0.2, -0.15) is 0 Å². The third-order valence-electron chi connectivity index (χ3n) is 5.63. The van der Waals surface area contributed by atoms with Crippen LogP contribution in [-0.2, 0) is 20.8 Å². The Balaban J connectivity index is 1.53. The van der Waals surface area contributed by atoms with E-state index >= 15 is 0 Å². The van der Waals surface area contributed by atoms with Gasteiger partial charge in [0, 0.05) is 46.0 Å². The SMILES string of the molecule is Cc1ccc(N2CCN(Cn3cnc4c3c(=O)n(C)c(=O)n4C)CC2)c(C)c1. The second kappa shape index (κ2) is 6.94. The van der Waals surface area contributed by atoms with Gasteiger partial charge in [0.05, 0.1) is 13.0 Å². The first-order valence-corrected chi connectivity index (χ1v) is 9.52. The number of aryl methyl sites for hydroxylation is 3. The van der Waals surface area contributed by atoms with Gasteiger partial charge >= 0.3 is 5.69 Å². The van der Waals surface area contributed by atoms with Gasteiger partial charge in [-0.25, -0.2) is 9.78 Å². The summed E-state index contributed by atoms with van der Waals surface area (Å²) in [4.78, 5) is 33.7. The van der Waals surface area contributed by atoms with Crippen LogP contribution in [0.3, 0.4) is 0 Å². The first-order chi connectivity index (χ1) is 13.4. The molecule has 0 bridgehead atoms. The molecule has 0 unspecified atom stereocenters. The number of imidazole rings is 1. The Morgan fingerprint density at radius 1 is 1.00 bits per heavy atom. The van der Waals surface area contributed by atoms with Gasteiger partial charge in [0.25, 0.3) is 5.56 Å². The van der Waals surface area contributed by atoms with Crippen LogP contribution in [0.25, 0.3) is 11.2 Å². The van der Waals surface area contributed by atoms with Crippen molar-refractivity contribution in [1.82, 2.24) is 23.6 Å². The van der Waals surface area contributed by atoms with Gasteiger partial charge in [-0.15, -0.1) is 0 Å². The molecule has 1 saturated heterocycles. The predicted molar refractivity (Wildman–Crippen MR) is 110 cm³/mol. The van der Waals surface area contributed by atoms with E-state index < -0.39 is 0 Å². The van der Waals surface area contributed by atoms with Crippen molar-refractivity contribution in [2.75, 3.05) is 31.1 Å². The largest absolute Gasteiger partial charge is 0.369 e. The zero-order valence-corrected chi connectivity index (χ0v) is 16.8. The Morgan fingerprint density at radius 3 is 2.39 bits per heavy atom. The van der Waals surface area contributed by atoms with E-state index in [1.165, 1.54) is 28.4 Å². The number of hydrogen-bond donors (Lipinski definition) is 0. The highest BCUT2D eigenvalue weighted by molar-refractivity contribution is 5.69. The Bertz CT molecular complexity index is 1150. The van der Waals surface area contributed by atoms with Gasteiger partial charge in [-0.05, 0) is 25.5 Å². The summed E-state index contributed by atoms with van der Waals surface area (Å²) in [5.41, 5.74) is 4.13. The highest BCUT2D eigenvalue weighted by atomic mass is 16.2. The molecule has 4 rings (SSSR count).